The number of rotatable bonds is 2. The van der Waals surface area contributed by atoms with Gasteiger partial charge in [0, 0.05) is 40.0 Å². The van der Waals surface area contributed by atoms with Crippen molar-refractivity contribution in [1.29, 1.82) is 10.5 Å². The quantitative estimate of drug-likeness (QED) is 0.740. The molecule has 25 heavy (non-hydrogen) atoms. The van der Waals surface area contributed by atoms with Crippen LogP contribution in [0.3, 0.4) is 0 Å². The van der Waals surface area contributed by atoms with Crippen LogP contribution in [0.25, 0.3) is 22.4 Å². The molecular formula is C17H10Cl2N6. The average molecular weight is 369 g/mol. The van der Waals surface area contributed by atoms with E-state index in [9.17, 15) is 10.5 Å². The highest BCUT2D eigenvalue weighted by molar-refractivity contribution is 6.36. The molecule has 0 aliphatic carbocycles. The lowest BCUT2D eigenvalue weighted by Crippen LogP contribution is -2.04. The van der Waals surface area contributed by atoms with Gasteiger partial charge in [-0.1, -0.05) is 29.3 Å². The van der Waals surface area contributed by atoms with Crippen molar-refractivity contribution in [3.8, 4) is 34.5 Å². The largest absolute Gasteiger partial charge is 0.383 e. The Balaban J connectivity index is 2.43. The Hall–Kier alpha value is -3.06. The Labute approximate surface area is 153 Å². The average Bonchev–Trinajstić information content (AvgIpc) is 3.00. The molecular weight excluding hydrogens is 359 g/mol. The van der Waals surface area contributed by atoms with Crippen molar-refractivity contribution in [2.75, 3.05) is 5.73 Å². The molecule has 6 nitrogen and oxygen atoms in total. The molecule has 0 fully saturated rings. The summed E-state index contributed by atoms with van der Waals surface area (Å²) >= 11 is 12.2. The number of anilines is 1. The molecule has 2 aromatic heterocycles. The number of nitrogens with two attached hydrogens (primary N) is 1. The van der Waals surface area contributed by atoms with Crippen molar-refractivity contribution < 1.29 is 0 Å². The van der Waals surface area contributed by atoms with Crippen molar-refractivity contribution in [2.45, 2.75) is 0 Å². The molecule has 2 N–H and O–H groups in total. The third-order valence-corrected chi connectivity index (χ3v) is 4.18. The number of pyridine rings is 1. The molecule has 0 unspecified atom stereocenters. The van der Waals surface area contributed by atoms with Crippen LogP contribution in [0, 0.1) is 22.7 Å². The second kappa shape index (κ2) is 6.45. The molecule has 122 valence electrons. The molecule has 0 aliphatic rings. The zero-order valence-corrected chi connectivity index (χ0v) is 14.5. The van der Waals surface area contributed by atoms with Crippen LogP contribution in [0.15, 0.2) is 30.6 Å². The first-order chi connectivity index (χ1) is 12.0. The smallest absolute Gasteiger partial charge is 0.142 e. The van der Waals surface area contributed by atoms with Crippen molar-refractivity contribution >= 4 is 29.0 Å². The van der Waals surface area contributed by atoms with Gasteiger partial charge in [-0.05, 0) is 12.1 Å². The molecule has 0 bridgehead atoms. The molecule has 0 radical (unpaired) electrons. The molecule has 0 aliphatic heterocycles. The van der Waals surface area contributed by atoms with E-state index >= 15 is 0 Å². The van der Waals surface area contributed by atoms with Crippen molar-refractivity contribution in [1.82, 2.24) is 14.8 Å². The maximum atomic E-state index is 9.75. The van der Waals surface area contributed by atoms with Crippen LogP contribution >= 0.6 is 23.2 Å². The number of aryl methyl sites for hydroxylation is 1. The number of benzene rings is 1. The lowest BCUT2D eigenvalue weighted by atomic mass is 9.93. The van der Waals surface area contributed by atoms with Gasteiger partial charge in [-0.15, -0.1) is 0 Å². The molecule has 3 aromatic rings. The molecule has 8 heteroatoms. The van der Waals surface area contributed by atoms with Gasteiger partial charge in [0.1, 0.15) is 23.5 Å². The van der Waals surface area contributed by atoms with Crippen LogP contribution in [0.1, 0.15) is 11.1 Å². The van der Waals surface area contributed by atoms with E-state index in [0.717, 1.165) is 0 Å². The molecule has 0 saturated carbocycles. The number of hydrogen-bond acceptors (Lipinski definition) is 5. The van der Waals surface area contributed by atoms with Gasteiger partial charge in [-0.3, -0.25) is 4.68 Å². The zero-order valence-electron chi connectivity index (χ0n) is 13.0. The monoisotopic (exact) mass is 368 g/mol. The summed E-state index contributed by atoms with van der Waals surface area (Å²) in [4.78, 5) is 4.24. The van der Waals surface area contributed by atoms with Crippen molar-refractivity contribution in [3.05, 3.63) is 51.8 Å². The van der Waals surface area contributed by atoms with Crippen LogP contribution in [-0.4, -0.2) is 14.8 Å². The highest BCUT2D eigenvalue weighted by atomic mass is 35.5. The number of halogens is 2. The van der Waals surface area contributed by atoms with E-state index in [2.05, 4.69) is 16.2 Å². The van der Waals surface area contributed by atoms with E-state index in [1.807, 2.05) is 6.07 Å². The van der Waals surface area contributed by atoms with Crippen molar-refractivity contribution in [2.24, 2.45) is 7.05 Å². The Morgan fingerprint density at radius 1 is 1.16 bits per heavy atom. The van der Waals surface area contributed by atoms with Crippen LogP contribution in [0.2, 0.25) is 10.0 Å². The molecule has 0 atom stereocenters. The maximum absolute atomic E-state index is 9.75. The Morgan fingerprint density at radius 2 is 1.88 bits per heavy atom. The third kappa shape index (κ3) is 2.89. The summed E-state index contributed by atoms with van der Waals surface area (Å²) in [6.45, 7) is 0. The fourth-order valence-corrected chi connectivity index (χ4v) is 3.04. The maximum Gasteiger partial charge on any atom is 0.142 e. The SMILES string of the molecule is Cn1cc(-c2nc(N)c(C#N)c(-c3ccc(Cl)cc3Cl)c2C#N)cn1. The van der Waals surface area contributed by atoms with Gasteiger partial charge in [0.2, 0.25) is 0 Å². The van der Waals surface area contributed by atoms with Crippen molar-refractivity contribution in [3.63, 3.8) is 0 Å². The normalized spacial score (nSPS) is 10.3. The van der Waals surface area contributed by atoms with Gasteiger partial charge in [0.05, 0.1) is 17.5 Å². The predicted molar refractivity (Wildman–Crippen MR) is 95.7 cm³/mol. The summed E-state index contributed by atoms with van der Waals surface area (Å²) in [5.41, 5.74) is 8.04. The highest BCUT2D eigenvalue weighted by Gasteiger charge is 2.23. The Morgan fingerprint density at radius 3 is 2.44 bits per heavy atom. The predicted octanol–water partition coefficient (Wildman–Crippen LogP) is 3.78. The minimum atomic E-state index is 0.0152. The molecule has 1 aromatic carbocycles. The standard InChI is InChI=1S/C17H10Cl2N6/c1-25-8-9(7-23-25)16-12(5-20)15(13(6-21)17(22)24-16)11-3-2-10(18)4-14(11)19/h2-4,7-8H,1H3,(H2,22,24). The second-order valence-electron chi connectivity index (χ2n) is 5.22. The first kappa shape index (κ1) is 16.8. The van der Waals surface area contributed by atoms with E-state index in [1.54, 1.807) is 42.3 Å². The highest BCUT2D eigenvalue weighted by Crippen LogP contribution is 2.39. The molecule has 0 spiro atoms. The second-order valence-corrected chi connectivity index (χ2v) is 6.06. The lowest BCUT2D eigenvalue weighted by Gasteiger charge is -2.13. The van der Waals surface area contributed by atoms with Gasteiger partial charge in [-0.25, -0.2) is 4.98 Å². The number of nitrogens with zero attached hydrogens (tertiary/aromatic N) is 5. The summed E-state index contributed by atoms with van der Waals surface area (Å²) in [7, 11) is 1.75. The minimum Gasteiger partial charge on any atom is -0.383 e. The topological polar surface area (TPSA) is 104 Å². The van der Waals surface area contributed by atoms with Gasteiger partial charge in [0.15, 0.2) is 0 Å². The Bertz CT molecular complexity index is 1070. The lowest BCUT2D eigenvalue weighted by molar-refractivity contribution is 0.768. The van der Waals surface area contributed by atoms with E-state index in [1.165, 1.54) is 0 Å². The van der Waals surface area contributed by atoms with Crippen LogP contribution in [0.4, 0.5) is 5.82 Å². The van der Waals surface area contributed by atoms with E-state index in [-0.39, 0.29) is 16.9 Å². The Kier molecular flexibility index (Phi) is 4.33. The molecule has 0 saturated heterocycles. The number of hydrogen-bond donors (Lipinski definition) is 1. The van der Waals surface area contributed by atoms with E-state index in [0.29, 0.717) is 32.4 Å². The summed E-state index contributed by atoms with van der Waals surface area (Å²) < 4.78 is 1.58. The van der Waals surface area contributed by atoms with Gasteiger partial charge >= 0.3 is 0 Å². The summed E-state index contributed by atoms with van der Waals surface area (Å²) in [6, 6.07) is 8.95. The summed E-state index contributed by atoms with van der Waals surface area (Å²) in [5, 5.41) is 24.1. The summed E-state index contributed by atoms with van der Waals surface area (Å²) in [6.07, 6.45) is 3.28. The van der Waals surface area contributed by atoms with Gasteiger partial charge in [0.25, 0.3) is 0 Å². The van der Waals surface area contributed by atoms with Crippen LogP contribution < -0.4 is 5.73 Å². The van der Waals surface area contributed by atoms with Crippen LogP contribution in [0.5, 0.6) is 0 Å². The third-order valence-electron chi connectivity index (χ3n) is 3.63. The fourth-order valence-electron chi connectivity index (χ4n) is 2.54. The van der Waals surface area contributed by atoms with Gasteiger partial charge in [-0.2, -0.15) is 15.6 Å². The first-order valence-corrected chi connectivity index (χ1v) is 7.80. The minimum absolute atomic E-state index is 0.0152. The molecule has 2 heterocycles. The number of aromatic nitrogens is 3. The van der Waals surface area contributed by atoms with Gasteiger partial charge < -0.3 is 5.73 Å². The number of nitrogen functional groups attached to an aromatic ring is 1. The zero-order chi connectivity index (χ0) is 18.1. The fraction of sp³-hybridized carbons (Fsp3) is 0.0588. The van der Waals surface area contributed by atoms with E-state index < -0.39 is 0 Å². The number of nitriles is 2. The first-order valence-electron chi connectivity index (χ1n) is 7.04. The van der Waals surface area contributed by atoms with Crippen LogP contribution in [-0.2, 0) is 7.05 Å². The molecule has 0 amide bonds. The summed E-state index contributed by atoms with van der Waals surface area (Å²) in [5.74, 6) is 0.0152. The van der Waals surface area contributed by atoms with E-state index in [4.69, 9.17) is 28.9 Å². The molecule has 3 rings (SSSR count).